The van der Waals surface area contributed by atoms with E-state index < -0.39 is 4.92 Å². The second-order valence-electron chi connectivity index (χ2n) is 4.53. The third-order valence-corrected chi connectivity index (χ3v) is 3.48. The third kappa shape index (κ3) is 2.33. The summed E-state index contributed by atoms with van der Waals surface area (Å²) >= 11 is 0. The van der Waals surface area contributed by atoms with E-state index in [9.17, 15) is 10.1 Å². The van der Waals surface area contributed by atoms with Gasteiger partial charge in [-0.2, -0.15) is 0 Å². The minimum Gasteiger partial charge on any atom is -0.364 e. The number of hydrogen-bond donors (Lipinski definition) is 3. The van der Waals surface area contributed by atoms with Crippen LogP contribution in [-0.2, 0) is 0 Å². The van der Waals surface area contributed by atoms with Crippen LogP contribution in [-0.4, -0.2) is 21.4 Å². The minimum absolute atomic E-state index is 0.0128. The van der Waals surface area contributed by atoms with Crippen molar-refractivity contribution in [3.63, 3.8) is 0 Å². The molecule has 0 aliphatic heterocycles. The second-order valence-corrected chi connectivity index (χ2v) is 4.53. The van der Waals surface area contributed by atoms with Crippen LogP contribution in [0.3, 0.4) is 0 Å². The first kappa shape index (κ1) is 12.5. The van der Waals surface area contributed by atoms with Gasteiger partial charge < -0.3 is 10.7 Å². The lowest BCUT2D eigenvalue weighted by atomic mass is 10.0. The highest BCUT2D eigenvalue weighted by atomic mass is 16.6. The van der Waals surface area contributed by atoms with Crippen molar-refractivity contribution in [1.29, 1.82) is 0 Å². The van der Waals surface area contributed by atoms with Gasteiger partial charge in [0, 0.05) is 6.54 Å². The number of aromatic nitrogens is 2. The summed E-state index contributed by atoms with van der Waals surface area (Å²) in [6, 6.07) is 0. The highest BCUT2D eigenvalue weighted by molar-refractivity contribution is 5.68. The summed E-state index contributed by atoms with van der Waals surface area (Å²) in [6.45, 7) is 2.81. The van der Waals surface area contributed by atoms with Gasteiger partial charge in [-0.15, -0.1) is 0 Å². The molecule has 1 aromatic rings. The Hall–Kier alpha value is -1.96. The van der Waals surface area contributed by atoms with Crippen molar-refractivity contribution in [3.05, 3.63) is 16.4 Å². The number of nitro groups is 1. The molecule has 1 aliphatic rings. The summed E-state index contributed by atoms with van der Waals surface area (Å²) in [5, 5.41) is 14.0. The number of nitrogens with zero attached hydrogens (tertiary/aromatic N) is 3. The van der Waals surface area contributed by atoms with Crippen LogP contribution in [0.2, 0.25) is 0 Å². The predicted octanol–water partition coefficient (Wildman–Crippen LogP) is 1.27. The first-order valence-corrected chi connectivity index (χ1v) is 5.82. The zero-order chi connectivity index (χ0) is 13.2. The van der Waals surface area contributed by atoms with Crippen LogP contribution in [0.15, 0.2) is 6.33 Å². The van der Waals surface area contributed by atoms with Crippen molar-refractivity contribution in [3.8, 4) is 0 Å². The van der Waals surface area contributed by atoms with Crippen molar-refractivity contribution < 1.29 is 4.92 Å². The molecule has 1 aliphatic carbocycles. The predicted molar refractivity (Wildman–Crippen MR) is 66.9 cm³/mol. The monoisotopic (exact) mass is 252 g/mol. The molecule has 4 N–H and O–H groups in total. The maximum absolute atomic E-state index is 11.0. The molecule has 0 saturated heterocycles. The largest absolute Gasteiger partial charge is 0.364 e. The molecule has 0 atom stereocenters. The molecule has 0 bridgehead atoms. The number of hydrogen-bond acceptors (Lipinski definition) is 7. The van der Waals surface area contributed by atoms with E-state index >= 15 is 0 Å². The first-order chi connectivity index (χ1) is 8.62. The van der Waals surface area contributed by atoms with Crippen molar-refractivity contribution in [1.82, 2.24) is 9.97 Å². The highest BCUT2D eigenvalue weighted by Gasteiger charge is 2.40. The van der Waals surface area contributed by atoms with Crippen LogP contribution in [0.25, 0.3) is 0 Å². The maximum atomic E-state index is 11.0. The van der Waals surface area contributed by atoms with E-state index in [2.05, 4.69) is 27.6 Å². The van der Waals surface area contributed by atoms with Gasteiger partial charge in [0.05, 0.1) is 4.92 Å². The average molecular weight is 252 g/mol. The van der Waals surface area contributed by atoms with E-state index in [0.717, 1.165) is 19.3 Å². The number of nitrogen functional groups attached to an aromatic ring is 1. The maximum Gasteiger partial charge on any atom is 0.354 e. The lowest BCUT2D eigenvalue weighted by Crippen LogP contribution is -2.18. The topological polar surface area (TPSA) is 119 Å². The van der Waals surface area contributed by atoms with Gasteiger partial charge in [0.15, 0.2) is 0 Å². The number of hydrazine groups is 1. The van der Waals surface area contributed by atoms with Gasteiger partial charge >= 0.3 is 5.69 Å². The summed E-state index contributed by atoms with van der Waals surface area (Å²) in [4.78, 5) is 18.1. The standard InChI is InChI=1S/C10H16N6O2/c1-2-10(3-4-10)5-12-8-7(16(17)18)9(15-11)14-6-13-8/h6H,2-5,11H2,1H3,(H2,12,13,14,15). The molecule has 1 saturated carbocycles. The second kappa shape index (κ2) is 4.73. The van der Waals surface area contributed by atoms with Crippen LogP contribution in [0, 0.1) is 15.5 Å². The minimum atomic E-state index is -0.539. The van der Waals surface area contributed by atoms with E-state index in [0.29, 0.717) is 6.54 Å². The Morgan fingerprint density at radius 1 is 1.50 bits per heavy atom. The average Bonchev–Trinajstić information content (AvgIpc) is 3.16. The SMILES string of the molecule is CCC1(CNc2ncnc(NN)c2[N+](=O)[O-])CC1. The first-order valence-electron chi connectivity index (χ1n) is 5.82. The van der Waals surface area contributed by atoms with Gasteiger partial charge in [0.25, 0.3) is 0 Å². The summed E-state index contributed by atoms with van der Waals surface area (Å²) in [6.07, 6.45) is 4.60. The van der Waals surface area contributed by atoms with Gasteiger partial charge in [-0.3, -0.25) is 10.1 Å². The van der Waals surface area contributed by atoms with Gasteiger partial charge in [-0.1, -0.05) is 6.92 Å². The Morgan fingerprint density at radius 3 is 2.67 bits per heavy atom. The fourth-order valence-corrected chi connectivity index (χ4v) is 1.89. The molecule has 0 amide bonds. The van der Waals surface area contributed by atoms with Crippen LogP contribution in [0.4, 0.5) is 17.3 Å². The zero-order valence-electron chi connectivity index (χ0n) is 10.1. The molecular formula is C10H16N6O2. The summed E-state index contributed by atoms with van der Waals surface area (Å²) in [5.41, 5.74) is 2.27. The van der Waals surface area contributed by atoms with Gasteiger partial charge in [-0.05, 0) is 24.7 Å². The molecule has 8 nitrogen and oxygen atoms in total. The molecule has 1 aromatic heterocycles. The molecule has 1 fully saturated rings. The Kier molecular flexibility index (Phi) is 3.28. The normalized spacial score (nSPS) is 16.1. The van der Waals surface area contributed by atoms with Crippen LogP contribution in [0.1, 0.15) is 26.2 Å². The Labute approximate surface area is 104 Å². The molecule has 0 aromatic carbocycles. The summed E-state index contributed by atoms with van der Waals surface area (Å²) in [7, 11) is 0. The smallest absolute Gasteiger partial charge is 0.354 e. The molecular weight excluding hydrogens is 236 g/mol. The number of nitrogens with one attached hydrogen (secondary N) is 2. The molecule has 2 rings (SSSR count). The molecule has 1 heterocycles. The van der Waals surface area contributed by atoms with Gasteiger partial charge in [0.2, 0.25) is 11.6 Å². The van der Waals surface area contributed by atoms with Gasteiger partial charge in [0.1, 0.15) is 6.33 Å². The fourth-order valence-electron chi connectivity index (χ4n) is 1.89. The van der Waals surface area contributed by atoms with Crippen LogP contribution >= 0.6 is 0 Å². The molecule has 98 valence electrons. The Balaban J connectivity index is 2.19. The molecule has 0 radical (unpaired) electrons. The van der Waals surface area contributed by atoms with Crippen molar-refractivity contribution >= 4 is 17.3 Å². The summed E-state index contributed by atoms with van der Waals surface area (Å²) < 4.78 is 0. The molecule has 0 unspecified atom stereocenters. The van der Waals surface area contributed by atoms with Gasteiger partial charge in [-0.25, -0.2) is 15.8 Å². The van der Waals surface area contributed by atoms with Crippen molar-refractivity contribution in [2.75, 3.05) is 17.3 Å². The Morgan fingerprint density at radius 2 is 2.17 bits per heavy atom. The number of anilines is 2. The zero-order valence-corrected chi connectivity index (χ0v) is 10.1. The Bertz CT molecular complexity index is 460. The van der Waals surface area contributed by atoms with Crippen LogP contribution in [0.5, 0.6) is 0 Å². The number of rotatable bonds is 6. The third-order valence-electron chi connectivity index (χ3n) is 3.48. The van der Waals surface area contributed by atoms with Crippen molar-refractivity contribution in [2.45, 2.75) is 26.2 Å². The quantitative estimate of drug-likeness (QED) is 0.396. The molecule has 18 heavy (non-hydrogen) atoms. The van der Waals surface area contributed by atoms with Crippen molar-refractivity contribution in [2.24, 2.45) is 11.3 Å². The van der Waals surface area contributed by atoms with Crippen LogP contribution < -0.4 is 16.6 Å². The summed E-state index contributed by atoms with van der Waals surface area (Å²) in [5.74, 6) is 5.43. The molecule has 0 spiro atoms. The lowest BCUT2D eigenvalue weighted by molar-refractivity contribution is -0.383. The lowest BCUT2D eigenvalue weighted by Gasteiger charge is -2.14. The fraction of sp³-hybridized carbons (Fsp3) is 0.600. The van der Waals surface area contributed by atoms with E-state index in [1.807, 2.05) is 0 Å². The van der Waals surface area contributed by atoms with E-state index in [-0.39, 0.29) is 22.7 Å². The van der Waals surface area contributed by atoms with E-state index in [4.69, 9.17) is 5.84 Å². The molecule has 8 heteroatoms. The highest BCUT2D eigenvalue weighted by Crippen LogP contribution is 2.48. The van der Waals surface area contributed by atoms with E-state index in [1.165, 1.54) is 6.33 Å². The number of nitrogens with two attached hydrogens (primary N) is 1. The van der Waals surface area contributed by atoms with E-state index in [1.54, 1.807) is 0 Å².